The van der Waals surface area contributed by atoms with E-state index in [4.69, 9.17) is 9.47 Å². The van der Waals surface area contributed by atoms with Crippen LogP contribution in [0.2, 0.25) is 0 Å². The van der Waals surface area contributed by atoms with Crippen molar-refractivity contribution in [1.82, 2.24) is 0 Å². The molecule has 2 aromatic rings. The quantitative estimate of drug-likeness (QED) is 0.346. The number of nitriles is 1. The van der Waals surface area contributed by atoms with E-state index in [9.17, 15) is 14.9 Å². The van der Waals surface area contributed by atoms with Crippen molar-refractivity contribution >= 4 is 23.6 Å². The first-order valence-electron chi connectivity index (χ1n) is 9.31. The standard InChI is InChI=1S/C23H22N2O4/c1-14-4-8-19(15(2)10-14)25-22(26)18(13-24)11-16-5-9-20(21(12-16)28-3)29-23(27)17-6-7-17/h4-5,8-12,17H,6-7H2,1-3H3,(H,25,26)/b18-11+. The summed E-state index contributed by atoms with van der Waals surface area (Å²) in [6.07, 6.45) is 3.17. The molecule has 6 nitrogen and oxygen atoms in total. The number of carbonyl (C=O) groups is 2. The molecule has 1 N–H and O–H groups in total. The molecule has 1 amide bonds. The Morgan fingerprint density at radius 1 is 1.14 bits per heavy atom. The first-order valence-corrected chi connectivity index (χ1v) is 9.31. The number of benzene rings is 2. The molecule has 29 heavy (non-hydrogen) atoms. The van der Waals surface area contributed by atoms with Crippen LogP contribution in [0.25, 0.3) is 6.08 Å². The number of carbonyl (C=O) groups excluding carboxylic acids is 2. The van der Waals surface area contributed by atoms with Gasteiger partial charge >= 0.3 is 5.97 Å². The highest BCUT2D eigenvalue weighted by Gasteiger charge is 2.32. The lowest BCUT2D eigenvalue weighted by atomic mass is 10.1. The van der Waals surface area contributed by atoms with Crippen LogP contribution in [0.4, 0.5) is 5.69 Å². The molecule has 148 valence electrons. The van der Waals surface area contributed by atoms with Crippen LogP contribution >= 0.6 is 0 Å². The van der Waals surface area contributed by atoms with Crippen LogP contribution in [0, 0.1) is 31.1 Å². The number of esters is 1. The fourth-order valence-electron chi connectivity index (χ4n) is 2.83. The maximum absolute atomic E-state index is 12.5. The van der Waals surface area contributed by atoms with Gasteiger partial charge in [0, 0.05) is 5.69 Å². The van der Waals surface area contributed by atoms with E-state index in [0.717, 1.165) is 24.0 Å². The Balaban J connectivity index is 1.79. The minimum atomic E-state index is -0.498. The summed E-state index contributed by atoms with van der Waals surface area (Å²) >= 11 is 0. The molecule has 0 unspecified atom stereocenters. The van der Waals surface area contributed by atoms with E-state index in [-0.39, 0.29) is 17.5 Å². The first-order chi connectivity index (χ1) is 13.9. The Labute approximate surface area is 169 Å². The van der Waals surface area contributed by atoms with Crippen LogP contribution in [0.5, 0.6) is 11.5 Å². The van der Waals surface area contributed by atoms with Gasteiger partial charge in [0.1, 0.15) is 11.6 Å². The van der Waals surface area contributed by atoms with Crippen LogP contribution in [-0.2, 0) is 9.59 Å². The molecule has 3 rings (SSSR count). The van der Waals surface area contributed by atoms with Crippen molar-refractivity contribution in [3.63, 3.8) is 0 Å². The summed E-state index contributed by atoms with van der Waals surface area (Å²) in [5.41, 5.74) is 3.20. The Hall–Kier alpha value is -3.59. The number of ether oxygens (including phenoxy) is 2. The topological polar surface area (TPSA) is 88.4 Å². The SMILES string of the molecule is COc1cc(/C=C(\C#N)C(=O)Nc2ccc(C)cc2C)ccc1OC(=O)C1CC1. The van der Waals surface area contributed by atoms with Gasteiger partial charge < -0.3 is 14.8 Å². The maximum Gasteiger partial charge on any atom is 0.314 e. The Kier molecular flexibility index (Phi) is 5.99. The Morgan fingerprint density at radius 3 is 2.52 bits per heavy atom. The molecule has 1 fully saturated rings. The third-order valence-electron chi connectivity index (χ3n) is 4.62. The lowest BCUT2D eigenvalue weighted by Gasteiger charge is -2.10. The molecule has 0 radical (unpaired) electrons. The second-order valence-corrected chi connectivity index (χ2v) is 7.05. The average Bonchev–Trinajstić information content (AvgIpc) is 3.54. The van der Waals surface area contributed by atoms with Crippen LogP contribution < -0.4 is 14.8 Å². The molecular formula is C23H22N2O4. The molecule has 0 spiro atoms. The molecule has 0 atom stereocenters. The largest absolute Gasteiger partial charge is 0.493 e. The number of anilines is 1. The Morgan fingerprint density at radius 2 is 1.90 bits per heavy atom. The van der Waals surface area contributed by atoms with Gasteiger partial charge in [0.25, 0.3) is 5.91 Å². The zero-order valence-electron chi connectivity index (χ0n) is 16.6. The van der Waals surface area contributed by atoms with Gasteiger partial charge in [-0.25, -0.2) is 0 Å². The van der Waals surface area contributed by atoms with Gasteiger partial charge in [-0.3, -0.25) is 9.59 Å². The van der Waals surface area contributed by atoms with Crippen LogP contribution in [0.1, 0.15) is 29.5 Å². The number of rotatable bonds is 6. The van der Waals surface area contributed by atoms with E-state index in [1.54, 1.807) is 18.2 Å². The fourth-order valence-corrected chi connectivity index (χ4v) is 2.83. The van der Waals surface area contributed by atoms with Gasteiger partial charge in [-0.15, -0.1) is 0 Å². The summed E-state index contributed by atoms with van der Waals surface area (Å²) < 4.78 is 10.7. The second kappa shape index (κ2) is 8.61. The van der Waals surface area contributed by atoms with Gasteiger partial charge in [-0.05, 0) is 62.1 Å². The lowest BCUT2D eigenvalue weighted by Crippen LogP contribution is -2.14. The second-order valence-electron chi connectivity index (χ2n) is 7.05. The predicted octanol–water partition coefficient (Wildman–Crippen LogP) is 4.17. The molecule has 1 aliphatic rings. The van der Waals surface area contributed by atoms with Crippen LogP contribution in [0.15, 0.2) is 42.0 Å². The van der Waals surface area contributed by atoms with Gasteiger partial charge in [0.05, 0.1) is 13.0 Å². The maximum atomic E-state index is 12.5. The van der Waals surface area contributed by atoms with Gasteiger partial charge in [0.15, 0.2) is 11.5 Å². The molecular weight excluding hydrogens is 368 g/mol. The van der Waals surface area contributed by atoms with Crippen LogP contribution in [0.3, 0.4) is 0 Å². The molecule has 6 heteroatoms. The lowest BCUT2D eigenvalue weighted by molar-refractivity contribution is -0.135. The van der Waals surface area contributed by atoms with Crippen molar-refractivity contribution in [2.45, 2.75) is 26.7 Å². The van der Waals surface area contributed by atoms with E-state index in [2.05, 4.69) is 5.32 Å². The summed E-state index contributed by atoms with van der Waals surface area (Å²) in [5, 5.41) is 12.2. The predicted molar refractivity (Wildman–Crippen MR) is 109 cm³/mol. The molecule has 1 aliphatic carbocycles. The van der Waals surface area contributed by atoms with Crippen molar-refractivity contribution in [2.24, 2.45) is 5.92 Å². The minimum Gasteiger partial charge on any atom is -0.493 e. The van der Waals surface area contributed by atoms with Crippen molar-refractivity contribution in [2.75, 3.05) is 12.4 Å². The molecule has 0 aromatic heterocycles. The Bertz CT molecular complexity index is 1030. The summed E-state index contributed by atoms with van der Waals surface area (Å²) in [4.78, 5) is 24.4. The van der Waals surface area contributed by atoms with Crippen molar-refractivity contribution in [3.8, 4) is 17.6 Å². The number of nitrogens with zero attached hydrogens (tertiary/aromatic N) is 1. The highest BCUT2D eigenvalue weighted by Crippen LogP contribution is 2.34. The molecule has 2 aromatic carbocycles. The normalized spacial score (nSPS) is 13.4. The molecule has 1 saturated carbocycles. The zero-order valence-corrected chi connectivity index (χ0v) is 16.6. The van der Waals surface area contributed by atoms with E-state index in [1.807, 2.05) is 38.1 Å². The highest BCUT2D eigenvalue weighted by atomic mass is 16.6. The molecule has 0 heterocycles. The van der Waals surface area contributed by atoms with Crippen molar-refractivity contribution in [1.29, 1.82) is 5.26 Å². The number of amides is 1. The van der Waals surface area contributed by atoms with E-state index >= 15 is 0 Å². The van der Waals surface area contributed by atoms with Crippen molar-refractivity contribution < 1.29 is 19.1 Å². The van der Waals surface area contributed by atoms with Crippen LogP contribution in [-0.4, -0.2) is 19.0 Å². The van der Waals surface area contributed by atoms with Gasteiger partial charge in [-0.2, -0.15) is 5.26 Å². The summed E-state index contributed by atoms with van der Waals surface area (Å²) in [5.74, 6) is -0.113. The number of hydrogen-bond acceptors (Lipinski definition) is 5. The van der Waals surface area contributed by atoms with Gasteiger partial charge in [0.2, 0.25) is 0 Å². The smallest absolute Gasteiger partial charge is 0.314 e. The summed E-state index contributed by atoms with van der Waals surface area (Å²) in [6.45, 7) is 3.86. The molecule has 0 bridgehead atoms. The van der Waals surface area contributed by atoms with Crippen molar-refractivity contribution in [3.05, 3.63) is 58.7 Å². The average molecular weight is 390 g/mol. The third-order valence-corrected chi connectivity index (χ3v) is 4.62. The monoisotopic (exact) mass is 390 g/mol. The number of hydrogen-bond donors (Lipinski definition) is 1. The first kappa shape index (κ1) is 20.2. The summed E-state index contributed by atoms with van der Waals surface area (Å²) in [7, 11) is 1.47. The minimum absolute atomic E-state index is 0.0293. The summed E-state index contributed by atoms with van der Waals surface area (Å²) in [6, 6.07) is 12.5. The fraction of sp³-hybridized carbons (Fsp3) is 0.261. The number of methoxy groups -OCH3 is 1. The highest BCUT2D eigenvalue weighted by molar-refractivity contribution is 6.10. The number of aryl methyl sites for hydroxylation is 2. The number of nitrogens with one attached hydrogen (secondary N) is 1. The van der Waals surface area contributed by atoms with E-state index in [1.165, 1.54) is 13.2 Å². The molecule has 0 saturated heterocycles. The van der Waals surface area contributed by atoms with E-state index < -0.39 is 5.91 Å². The zero-order chi connectivity index (χ0) is 21.0. The third kappa shape index (κ3) is 5.02. The van der Waals surface area contributed by atoms with E-state index in [0.29, 0.717) is 22.7 Å². The van der Waals surface area contributed by atoms with Gasteiger partial charge in [-0.1, -0.05) is 23.8 Å². The molecule has 0 aliphatic heterocycles.